The number of hydrogen-bond acceptors (Lipinski definition) is 4. The first-order chi connectivity index (χ1) is 10.3. The minimum atomic E-state index is -0.0308. The highest BCUT2D eigenvalue weighted by atomic mass is 16.3. The highest BCUT2D eigenvalue weighted by molar-refractivity contribution is 5.90. The molecule has 0 atom stereocenters. The van der Waals surface area contributed by atoms with E-state index in [2.05, 4.69) is 15.6 Å². The van der Waals surface area contributed by atoms with Crippen LogP contribution in [0.15, 0.2) is 48.7 Å². The lowest BCUT2D eigenvalue weighted by molar-refractivity contribution is -0.116. The van der Waals surface area contributed by atoms with Crippen molar-refractivity contribution in [2.45, 2.75) is 12.8 Å². The Kier molecular flexibility index (Phi) is 5.72. The predicted molar refractivity (Wildman–Crippen MR) is 83.2 cm³/mol. The number of nitrogens with one attached hydrogen (secondary N) is 2. The molecule has 110 valence electrons. The number of pyridine rings is 1. The third-order valence-corrected chi connectivity index (χ3v) is 2.95. The van der Waals surface area contributed by atoms with E-state index in [9.17, 15) is 4.79 Å². The summed E-state index contributed by atoms with van der Waals surface area (Å²) in [6.07, 6.45) is 2.75. The number of aliphatic hydroxyl groups excluding tert-OH is 1. The first-order valence-electron chi connectivity index (χ1n) is 6.92. The van der Waals surface area contributed by atoms with Crippen LogP contribution in [0.2, 0.25) is 0 Å². The van der Waals surface area contributed by atoms with Crippen LogP contribution in [0, 0.1) is 0 Å². The van der Waals surface area contributed by atoms with E-state index in [1.807, 2.05) is 30.3 Å². The van der Waals surface area contributed by atoms with Gasteiger partial charge in [0.25, 0.3) is 0 Å². The topological polar surface area (TPSA) is 74.2 Å². The number of rotatable bonds is 7. The first-order valence-corrected chi connectivity index (χ1v) is 6.92. The number of carbonyl (C=O) groups is 1. The molecule has 0 aliphatic carbocycles. The minimum absolute atomic E-state index is 0.0308. The molecule has 3 N–H and O–H groups in total. The summed E-state index contributed by atoms with van der Waals surface area (Å²) in [4.78, 5) is 16.0. The van der Waals surface area contributed by atoms with Gasteiger partial charge in [-0.25, -0.2) is 4.98 Å². The summed E-state index contributed by atoms with van der Waals surface area (Å²) in [7, 11) is 0. The van der Waals surface area contributed by atoms with Gasteiger partial charge in [0.1, 0.15) is 5.82 Å². The van der Waals surface area contributed by atoms with Gasteiger partial charge in [0.2, 0.25) is 5.91 Å². The maximum atomic E-state index is 11.9. The van der Waals surface area contributed by atoms with Crippen molar-refractivity contribution in [3.05, 3.63) is 54.2 Å². The smallest absolute Gasteiger partial charge is 0.224 e. The van der Waals surface area contributed by atoms with E-state index in [0.29, 0.717) is 24.5 Å². The molecule has 0 saturated carbocycles. The number of anilines is 2. The molecule has 21 heavy (non-hydrogen) atoms. The van der Waals surface area contributed by atoms with Crippen molar-refractivity contribution in [2.75, 3.05) is 23.8 Å². The summed E-state index contributed by atoms with van der Waals surface area (Å²) < 4.78 is 0. The van der Waals surface area contributed by atoms with E-state index in [0.717, 1.165) is 12.0 Å². The van der Waals surface area contributed by atoms with Crippen LogP contribution in [0.4, 0.5) is 11.5 Å². The molecule has 0 aliphatic heterocycles. The van der Waals surface area contributed by atoms with Crippen molar-refractivity contribution in [3.8, 4) is 0 Å². The second kappa shape index (κ2) is 8.01. The second-order valence-electron chi connectivity index (χ2n) is 4.62. The van der Waals surface area contributed by atoms with Gasteiger partial charge in [0, 0.05) is 13.0 Å². The maximum absolute atomic E-state index is 11.9. The summed E-state index contributed by atoms with van der Waals surface area (Å²) >= 11 is 0. The molecule has 0 aliphatic rings. The third kappa shape index (κ3) is 5.24. The van der Waals surface area contributed by atoms with Crippen LogP contribution in [0.25, 0.3) is 0 Å². The molecular weight excluding hydrogens is 266 g/mol. The summed E-state index contributed by atoms with van der Waals surface area (Å²) in [5.74, 6) is 0.642. The Labute approximate surface area is 124 Å². The summed E-state index contributed by atoms with van der Waals surface area (Å²) in [5, 5.41) is 14.5. The quantitative estimate of drug-likeness (QED) is 0.728. The van der Waals surface area contributed by atoms with Crippen LogP contribution in [0.3, 0.4) is 0 Å². The monoisotopic (exact) mass is 285 g/mol. The van der Waals surface area contributed by atoms with E-state index >= 15 is 0 Å². The van der Waals surface area contributed by atoms with Crippen molar-refractivity contribution >= 4 is 17.4 Å². The fourth-order valence-corrected chi connectivity index (χ4v) is 1.88. The second-order valence-corrected chi connectivity index (χ2v) is 4.62. The van der Waals surface area contributed by atoms with E-state index < -0.39 is 0 Å². The number of nitrogens with zero attached hydrogens (tertiary/aromatic N) is 1. The predicted octanol–water partition coefficient (Wildman–Crippen LogP) is 2.06. The average Bonchev–Trinajstić information content (AvgIpc) is 2.53. The zero-order valence-corrected chi connectivity index (χ0v) is 11.7. The Morgan fingerprint density at radius 1 is 1.14 bits per heavy atom. The summed E-state index contributed by atoms with van der Waals surface area (Å²) in [6, 6.07) is 13.5. The molecular formula is C16H19N3O2. The lowest BCUT2D eigenvalue weighted by Crippen LogP contribution is -2.13. The normalized spacial score (nSPS) is 10.1. The number of amides is 1. The molecule has 1 heterocycles. The number of aromatic nitrogens is 1. The van der Waals surface area contributed by atoms with E-state index in [4.69, 9.17) is 5.11 Å². The number of hydrogen-bond donors (Lipinski definition) is 3. The van der Waals surface area contributed by atoms with Gasteiger partial charge in [-0.3, -0.25) is 4.79 Å². The zero-order chi connectivity index (χ0) is 14.9. The molecule has 5 heteroatoms. The van der Waals surface area contributed by atoms with Gasteiger partial charge in [0.05, 0.1) is 18.5 Å². The van der Waals surface area contributed by atoms with Gasteiger partial charge in [-0.1, -0.05) is 30.3 Å². The molecule has 0 bridgehead atoms. The Balaban J connectivity index is 1.79. The number of aryl methyl sites for hydroxylation is 1. The van der Waals surface area contributed by atoms with Crippen LogP contribution in [-0.2, 0) is 11.2 Å². The van der Waals surface area contributed by atoms with Gasteiger partial charge in [-0.15, -0.1) is 0 Å². The Bertz CT molecular complexity index is 555. The Morgan fingerprint density at radius 2 is 1.95 bits per heavy atom. The molecule has 2 rings (SSSR count). The molecule has 0 radical (unpaired) electrons. The summed E-state index contributed by atoms with van der Waals surface area (Å²) in [5.41, 5.74) is 1.82. The average molecular weight is 285 g/mol. The largest absolute Gasteiger partial charge is 0.395 e. The van der Waals surface area contributed by atoms with Crippen LogP contribution < -0.4 is 10.6 Å². The Hall–Kier alpha value is -2.40. The first kappa shape index (κ1) is 15.0. The minimum Gasteiger partial charge on any atom is -0.395 e. The highest BCUT2D eigenvalue weighted by Gasteiger charge is 2.03. The van der Waals surface area contributed by atoms with Crippen LogP contribution in [0.5, 0.6) is 0 Å². The molecule has 0 fully saturated rings. The molecule has 0 unspecified atom stereocenters. The van der Waals surface area contributed by atoms with E-state index in [1.54, 1.807) is 18.3 Å². The van der Waals surface area contributed by atoms with Crippen molar-refractivity contribution in [1.29, 1.82) is 0 Å². The van der Waals surface area contributed by atoms with E-state index in [-0.39, 0.29) is 12.5 Å². The Morgan fingerprint density at radius 3 is 2.62 bits per heavy atom. The molecule has 0 saturated heterocycles. The fourth-order valence-electron chi connectivity index (χ4n) is 1.88. The molecule has 5 nitrogen and oxygen atoms in total. The number of aliphatic hydroxyl groups is 1. The molecule has 0 spiro atoms. The SMILES string of the molecule is O=C(CCc1ccccc1)Nc1ccc(NCCO)nc1. The van der Waals surface area contributed by atoms with Crippen molar-refractivity contribution in [1.82, 2.24) is 4.98 Å². The number of carbonyl (C=O) groups excluding carboxylic acids is 1. The summed E-state index contributed by atoms with van der Waals surface area (Å²) in [6.45, 7) is 0.509. The van der Waals surface area contributed by atoms with Crippen LogP contribution >= 0.6 is 0 Å². The van der Waals surface area contributed by atoms with Gasteiger partial charge >= 0.3 is 0 Å². The molecule has 1 aromatic heterocycles. The molecule has 2 aromatic rings. The van der Waals surface area contributed by atoms with Crippen molar-refractivity contribution in [3.63, 3.8) is 0 Å². The molecule has 1 aromatic carbocycles. The van der Waals surface area contributed by atoms with Crippen molar-refractivity contribution in [2.24, 2.45) is 0 Å². The zero-order valence-electron chi connectivity index (χ0n) is 11.7. The third-order valence-electron chi connectivity index (χ3n) is 2.95. The van der Waals surface area contributed by atoms with Crippen LogP contribution in [-0.4, -0.2) is 29.1 Å². The lowest BCUT2D eigenvalue weighted by Gasteiger charge is -2.07. The lowest BCUT2D eigenvalue weighted by atomic mass is 10.1. The van der Waals surface area contributed by atoms with Gasteiger partial charge < -0.3 is 15.7 Å². The molecule has 1 amide bonds. The fraction of sp³-hybridized carbons (Fsp3) is 0.250. The maximum Gasteiger partial charge on any atom is 0.224 e. The highest BCUT2D eigenvalue weighted by Crippen LogP contribution is 2.10. The van der Waals surface area contributed by atoms with Gasteiger partial charge in [-0.2, -0.15) is 0 Å². The van der Waals surface area contributed by atoms with Crippen LogP contribution in [0.1, 0.15) is 12.0 Å². The van der Waals surface area contributed by atoms with Gasteiger partial charge in [0.15, 0.2) is 0 Å². The van der Waals surface area contributed by atoms with Crippen molar-refractivity contribution < 1.29 is 9.90 Å². The van der Waals surface area contributed by atoms with Gasteiger partial charge in [-0.05, 0) is 24.1 Å². The standard InChI is InChI=1S/C16H19N3O2/c20-11-10-17-15-8-7-14(12-18-15)19-16(21)9-6-13-4-2-1-3-5-13/h1-5,7-8,12,20H,6,9-11H2,(H,17,18)(H,19,21). The van der Waals surface area contributed by atoms with E-state index in [1.165, 1.54) is 0 Å². The number of benzene rings is 1.